The molecule has 3 fully saturated rings. The molecule has 0 amide bonds. The Bertz CT molecular complexity index is 5310. The number of carboxylic acid groups (broad SMARTS) is 1. The molecule has 0 unspecified atom stereocenters. The smallest absolute Gasteiger partial charge is 0.870 e. The third-order valence-corrected chi connectivity index (χ3v) is 25.6. The Kier molecular flexibility index (Phi) is 29.4. The molecule has 3 aliphatic carbocycles. The average molecular weight is 1790 g/mol. The minimum atomic E-state index is -4.35. The summed E-state index contributed by atoms with van der Waals surface area (Å²) in [4.78, 5) is 73.8. The van der Waals surface area contributed by atoms with Gasteiger partial charge in [0.2, 0.25) is 16.8 Å². The minimum absolute atomic E-state index is 0. The number of aldehydes is 1. The van der Waals surface area contributed by atoms with E-state index in [0.29, 0.717) is 109 Å². The summed E-state index contributed by atoms with van der Waals surface area (Å²) in [5, 5.41) is 12.0. The Labute approximate surface area is 737 Å². The van der Waals surface area contributed by atoms with Gasteiger partial charge >= 0.3 is 72.2 Å². The van der Waals surface area contributed by atoms with Crippen LogP contribution in [0.15, 0.2) is 176 Å². The number of methoxy groups -OCH3 is 2. The number of fused-ring (bicyclic) bond motifs is 3. The van der Waals surface area contributed by atoms with Crippen LogP contribution in [0.1, 0.15) is 118 Å². The van der Waals surface area contributed by atoms with Crippen molar-refractivity contribution in [3.8, 4) is 59.5 Å². The summed E-state index contributed by atoms with van der Waals surface area (Å²) in [5.74, 6) is 0.453. The summed E-state index contributed by atoms with van der Waals surface area (Å²) in [6.45, 7) is 7.44. The first-order valence-electron chi connectivity index (χ1n) is 38.7. The van der Waals surface area contributed by atoms with Crippen molar-refractivity contribution in [1.82, 2.24) is 34.6 Å². The molecule has 6 aliphatic rings. The molecule has 7 aromatic carbocycles. The van der Waals surface area contributed by atoms with Gasteiger partial charge in [-0.2, -0.15) is 52.7 Å². The summed E-state index contributed by atoms with van der Waals surface area (Å²) in [7, 11) is 2.76. The van der Waals surface area contributed by atoms with Crippen LogP contribution >= 0.6 is 45.3 Å². The fourth-order valence-electron chi connectivity index (χ4n) is 14.2. The van der Waals surface area contributed by atoms with Gasteiger partial charge in [-0.05, 0) is 157 Å². The zero-order chi connectivity index (χ0) is 85.7. The van der Waals surface area contributed by atoms with Crippen LogP contribution in [-0.2, 0) is 107 Å². The van der Waals surface area contributed by atoms with Gasteiger partial charge in [0, 0.05) is 159 Å². The van der Waals surface area contributed by atoms with Crippen LogP contribution in [0.25, 0.3) is 42.3 Å². The van der Waals surface area contributed by atoms with Gasteiger partial charge in [-0.15, -0.1) is 45.3 Å². The van der Waals surface area contributed by atoms with Gasteiger partial charge in [0.1, 0.15) is 37.3 Å². The van der Waals surface area contributed by atoms with Gasteiger partial charge in [-0.25, -0.2) is 34.3 Å². The van der Waals surface area contributed by atoms with Crippen molar-refractivity contribution in [1.29, 1.82) is 0 Å². The number of carboxylic acids is 1. The van der Waals surface area contributed by atoms with Crippen molar-refractivity contribution in [2.45, 2.75) is 138 Å². The van der Waals surface area contributed by atoms with Crippen LogP contribution in [0, 0.1) is 0 Å². The van der Waals surface area contributed by atoms with Gasteiger partial charge in [0.15, 0.2) is 6.29 Å². The van der Waals surface area contributed by atoms with E-state index in [1.807, 2.05) is 54.9 Å². The van der Waals surface area contributed by atoms with Crippen molar-refractivity contribution in [2.75, 3.05) is 53.5 Å². The Balaban J connectivity index is 0.000000153. The average Bonchev–Trinajstić information content (AvgIpc) is 1.63. The third-order valence-electron chi connectivity index (χ3n) is 21.5. The molecule has 35 heteroatoms. The number of ether oxygens (including phenoxy) is 5. The second-order valence-corrected chi connectivity index (χ2v) is 34.5. The standard InChI is InChI=1S/2C26H25F3N2O3S.C25H23F3N2O3S.C11H6F3NOS.Na.H2O/c2*1-33-24(32)25(10-11-25)34-21-7-4-17-8-12-31(13-9-19(17)14-21)16-22-15-30-23(35-22)18-2-5-20(6-3-18)26(27,28)29;26-25(27,28)19-4-1-17(2-5-19)22-29-14-21(34-22)15-30-11-7-16-3-6-20(13-18(16)8-12-30)33-24(9-10-24)23(31)32;12-11(13,14)8-3-1-7(2-4-8)10-15-5-9(6-16)17-10;;/h2*2-7,14-15H,8-13,16H2,1H3;1-6,13-14H,7-12,15H2,(H,31,32);1-6H;;1H2/q;;;;+1;/p-1. The van der Waals surface area contributed by atoms with E-state index >= 15 is 0 Å². The van der Waals surface area contributed by atoms with E-state index in [1.54, 1.807) is 6.20 Å². The summed E-state index contributed by atoms with van der Waals surface area (Å²) in [6, 6.07) is 38.0. The number of benzene rings is 7. The van der Waals surface area contributed by atoms with Crippen LogP contribution in [0.3, 0.4) is 0 Å². The fourth-order valence-corrected chi connectivity index (χ4v) is 17.9. The molecular weight excluding hydrogens is 1710 g/mol. The number of hydrogen-bond donors (Lipinski definition) is 1. The minimum Gasteiger partial charge on any atom is -0.870 e. The van der Waals surface area contributed by atoms with Crippen LogP contribution in [0.2, 0.25) is 0 Å². The van der Waals surface area contributed by atoms with Crippen molar-refractivity contribution >= 4 is 69.5 Å². The second kappa shape index (κ2) is 39.0. The number of thiazole rings is 4. The fraction of sp³-hybridized carbons (Fsp3) is 0.341. The number of nitrogens with zero attached hydrogens (tertiary/aromatic N) is 7. The number of rotatable bonds is 20. The van der Waals surface area contributed by atoms with Gasteiger partial charge in [0.25, 0.3) is 0 Å². The molecule has 0 spiro atoms. The Morgan fingerprint density at radius 2 is 0.634 bits per heavy atom. The van der Waals surface area contributed by atoms with Gasteiger partial charge in [-0.3, -0.25) is 19.5 Å². The Morgan fingerprint density at radius 1 is 0.382 bits per heavy atom. The Hall–Kier alpha value is -9.46. The first-order valence-corrected chi connectivity index (χ1v) is 42.0. The zero-order valence-electron chi connectivity index (χ0n) is 66.5. The largest absolute Gasteiger partial charge is 1.00 e. The van der Waals surface area contributed by atoms with Crippen LogP contribution in [-0.4, -0.2) is 140 Å². The van der Waals surface area contributed by atoms with Crippen molar-refractivity contribution in [2.24, 2.45) is 0 Å². The van der Waals surface area contributed by atoms with Crippen LogP contribution < -0.4 is 43.8 Å². The summed E-state index contributed by atoms with van der Waals surface area (Å²) in [6.07, 6.45) is -0.886. The summed E-state index contributed by atoms with van der Waals surface area (Å²) in [5.41, 5.74) is 4.64. The number of aliphatic carboxylic acids is 1. The van der Waals surface area contributed by atoms with E-state index in [9.17, 15) is 77.0 Å². The van der Waals surface area contributed by atoms with Crippen molar-refractivity contribution in [3.63, 3.8) is 0 Å². The summed E-state index contributed by atoms with van der Waals surface area (Å²) < 4.78 is 180. The normalized spacial score (nSPS) is 16.3. The van der Waals surface area contributed by atoms with E-state index in [1.165, 1.54) is 136 Å². The molecule has 642 valence electrons. The van der Waals surface area contributed by atoms with Gasteiger partial charge in [0.05, 0.1) is 41.4 Å². The molecule has 0 bridgehead atoms. The number of esters is 2. The molecule has 11 aromatic rings. The van der Waals surface area contributed by atoms with E-state index in [4.69, 9.17) is 23.7 Å². The molecule has 2 N–H and O–H groups in total. The monoisotopic (exact) mass is 1790 g/mol. The second-order valence-electron chi connectivity index (χ2n) is 30.1. The van der Waals surface area contributed by atoms with Crippen LogP contribution in [0.4, 0.5) is 52.7 Å². The SMILES string of the molecule is COC(=O)C1(Oc2ccc3c(c2)CCN(Cc2cnc(-c4ccc(C(F)(F)F)cc4)s2)CC3)CC1.COC(=O)C1(Oc2ccc3c(c2)CCN(Cc2cnc(-c4ccc(C(F)(F)F)cc4)s2)CC3)CC1.O=C(O)C1(Oc2ccc3c(c2)CCN(Cc2cnc(-c4ccc(C(F)(F)F)cc4)s2)CC3)CC1.O=Cc1cnc(-c2ccc(C(F)(F)F)cc2)s1.[Na+].[OH-]. The first kappa shape index (κ1) is 92.7. The molecule has 4 aromatic heterocycles. The molecule has 123 heavy (non-hydrogen) atoms. The maximum Gasteiger partial charge on any atom is 1.00 e. The number of halogens is 12. The van der Waals surface area contributed by atoms with E-state index in [2.05, 4.69) is 46.8 Å². The number of carbonyl (C=O) groups excluding carboxylic acids is 3. The predicted octanol–water partition coefficient (Wildman–Crippen LogP) is 16.9. The zero-order valence-corrected chi connectivity index (χ0v) is 71.8. The van der Waals surface area contributed by atoms with Crippen LogP contribution in [0.5, 0.6) is 17.2 Å². The van der Waals surface area contributed by atoms with E-state index in [-0.39, 0.29) is 47.0 Å². The molecule has 18 nitrogen and oxygen atoms in total. The quantitative estimate of drug-likeness (QED) is 0.0324. The molecule has 0 atom stereocenters. The number of aromatic nitrogens is 4. The molecule has 3 saturated carbocycles. The molecule has 7 heterocycles. The third kappa shape index (κ3) is 23.6. The topological polar surface area (TPSA) is 226 Å². The molecule has 0 saturated heterocycles. The number of hydrogen-bond acceptors (Lipinski definition) is 21. The van der Waals surface area contributed by atoms with Gasteiger partial charge in [-0.1, -0.05) is 66.7 Å². The maximum atomic E-state index is 12.8. The maximum absolute atomic E-state index is 12.8. The number of carbonyl (C=O) groups is 4. The Morgan fingerprint density at radius 3 is 0.870 bits per heavy atom. The van der Waals surface area contributed by atoms with Crippen molar-refractivity contribution in [3.05, 3.63) is 252 Å². The van der Waals surface area contributed by atoms with E-state index < -0.39 is 69.7 Å². The number of alkyl halides is 12. The first-order chi connectivity index (χ1) is 57.7. The predicted molar refractivity (Wildman–Crippen MR) is 434 cm³/mol. The van der Waals surface area contributed by atoms with Crippen molar-refractivity contribution < 1.29 is 136 Å². The molecule has 17 rings (SSSR count). The molecule has 0 radical (unpaired) electrons. The summed E-state index contributed by atoms with van der Waals surface area (Å²) >= 11 is 5.64. The van der Waals surface area contributed by atoms with E-state index in [0.717, 1.165) is 172 Å². The van der Waals surface area contributed by atoms with Gasteiger partial charge < -0.3 is 34.3 Å². The molecule has 3 aliphatic heterocycles. The molecular formula is C88H80F12N7NaO11S4.